The monoisotopic (exact) mass is 371 g/mol. The number of benzene rings is 1. The molecule has 1 saturated heterocycles. The maximum atomic E-state index is 13.2. The predicted molar refractivity (Wildman–Crippen MR) is 98.8 cm³/mol. The largest absolute Gasteiger partial charge is 0.364 e. The number of hydrogen-bond acceptors (Lipinski definition) is 5. The van der Waals surface area contributed by atoms with Gasteiger partial charge in [0.2, 0.25) is 0 Å². The minimum absolute atomic E-state index is 0.253. The second-order valence-corrected chi connectivity index (χ2v) is 7.21. The van der Waals surface area contributed by atoms with Gasteiger partial charge in [0.1, 0.15) is 11.5 Å². The van der Waals surface area contributed by atoms with Crippen molar-refractivity contribution < 1.29 is 9.18 Å². The zero-order chi connectivity index (χ0) is 18.1. The van der Waals surface area contributed by atoms with E-state index < -0.39 is 5.91 Å². The lowest BCUT2D eigenvalue weighted by atomic mass is 9.91. The second-order valence-electron chi connectivity index (χ2n) is 6.37. The van der Waals surface area contributed by atoms with E-state index in [1.54, 1.807) is 23.7 Å². The van der Waals surface area contributed by atoms with Gasteiger partial charge in [-0.3, -0.25) is 9.89 Å². The molecule has 1 aliphatic heterocycles. The number of aromatic nitrogens is 3. The van der Waals surface area contributed by atoms with E-state index in [4.69, 9.17) is 5.73 Å². The van der Waals surface area contributed by atoms with Crippen LogP contribution in [0.15, 0.2) is 35.8 Å². The van der Waals surface area contributed by atoms with Crippen molar-refractivity contribution in [2.24, 2.45) is 5.73 Å². The Bertz CT molecular complexity index is 920. The molecule has 1 fully saturated rings. The molecule has 2 aromatic heterocycles. The molecule has 3 N–H and O–H groups in total. The van der Waals surface area contributed by atoms with Gasteiger partial charge >= 0.3 is 0 Å². The quantitative estimate of drug-likeness (QED) is 0.737. The van der Waals surface area contributed by atoms with E-state index in [0.717, 1.165) is 47.9 Å². The van der Waals surface area contributed by atoms with Crippen molar-refractivity contribution in [1.29, 1.82) is 0 Å². The third-order valence-electron chi connectivity index (χ3n) is 4.67. The molecular weight excluding hydrogens is 353 g/mol. The molecule has 3 aromatic rings. The van der Waals surface area contributed by atoms with Gasteiger partial charge in [0.15, 0.2) is 5.13 Å². The van der Waals surface area contributed by atoms with Gasteiger partial charge in [0, 0.05) is 35.6 Å². The Labute approximate surface area is 153 Å². The van der Waals surface area contributed by atoms with Crippen LogP contribution in [-0.2, 0) is 0 Å². The molecule has 1 aliphatic rings. The molecule has 1 amide bonds. The number of halogens is 1. The first kappa shape index (κ1) is 16.7. The topological polar surface area (TPSA) is 87.9 Å². The molecule has 26 heavy (non-hydrogen) atoms. The highest BCUT2D eigenvalue weighted by Gasteiger charge is 2.27. The van der Waals surface area contributed by atoms with Gasteiger partial charge in [-0.15, -0.1) is 11.3 Å². The zero-order valence-electron chi connectivity index (χ0n) is 14.0. The zero-order valence-corrected chi connectivity index (χ0v) is 14.8. The molecule has 0 radical (unpaired) electrons. The van der Waals surface area contributed by atoms with Crippen molar-refractivity contribution >= 4 is 22.4 Å². The summed E-state index contributed by atoms with van der Waals surface area (Å²) in [5.41, 5.74) is 8.59. The van der Waals surface area contributed by atoms with Crippen molar-refractivity contribution in [2.75, 3.05) is 18.0 Å². The lowest BCUT2D eigenvalue weighted by Crippen LogP contribution is -2.34. The molecule has 0 bridgehead atoms. The van der Waals surface area contributed by atoms with E-state index in [9.17, 15) is 9.18 Å². The molecule has 3 heterocycles. The van der Waals surface area contributed by atoms with Crippen LogP contribution in [0.2, 0.25) is 0 Å². The fourth-order valence-corrected chi connectivity index (χ4v) is 4.23. The maximum absolute atomic E-state index is 13.2. The molecule has 6 nitrogen and oxygen atoms in total. The van der Waals surface area contributed by atoms with E-state index in [1.807, 2.05) is 0 Å². The summed E-state index contributed by atoms with van der Waals surface area (Å²) in [4.78, 5) is 17.8. The van der Waals surface area contributed by atoms with E-state index in [1.165, 1.54) is 23.5 Å². The number of amides is 1. The fourth-order valence-electron chi connectivity index (χ4n) is 3.38. The average Bonchev–Trinajstić information content (AvgIpc) is 3.32. The molecule has 0 saturated carbocycles. The molecule has 0 aliphatic carbocycles. The number of anilines is 1. The van der Waals surface area contributed by atoms with Crippen molar-refractivity contribution in [2.45, 2.75) is 18.8 Å². The number of piperidine rings is 1. The molecule has 0 spiro atoms. The lowest BCUT2D eigenvalue weighted by Gasteiger charge is -2.32. The van der Waals surface area contributed by atoms with E-state index >= 15 is 0 Å². The summed E-state index contributed by atoms with van der Waals surface area (Å²) in [5.74, 6) is -0.503. The summed E-state index contributed by atoms with van der Waals surface area (Å²) in [6.45, 7) is 1.67. The Morgan fingerprint density at radius 1 is 1.35 bits per heavy atom. The minimum Gasteiger partial charge on any atom is -0.364 e. The molecule has 134 valence electrons. The van der Waals surface area contributed by atoms with Gasteiger partial charge in [-0.05, 0) is 30.5 Å². The van der Waals surface area contributed by atoms with Crippen molar-refractivity contribution in [3.05, 3.63) is 53.0 Å². The van der Waals surface area contributed by atoms with Crippen LogP contribution in [-0.4, -0.2) is 34.2 Å². The van der Waals surface area contributed by atoms with Crippen LogP contribution >= 0.6 is 11.3 Å². The number of thiazole rings is 1. The Kier molecular flexibility index (Phi) is 4.42. The van der Waals surface area contributed by atoms with E-state index in [-0.39, 0.29) is 11.7 Å². The van der Waals surface area contributed by atoms with Crippen LogP contribution in [0.3, 0.4) is 0 Å². The Balaban J connectivity index is 1.58. The molecular formula is C18H18FN5OS. The smallest absolute Gasteiger partial charge is 0.268 e. The van der Waals surface area contributed by atoms with Crippen molar-refractivity contribution in [1.82, 2.24) is 15.2 Å². The Hall–Kier alpha value is -2.74. The Morgan fingerprint density at radius 2 is 2.15 bits per heavy atom. The highest BCUT2D eigenvalue weighted by atomic mass is 32.1. The number of carbonyl (C=O) groups excluding carboxylic acids is 1. The standard InChI is InChI=1S/C18H18FN5OS/c19-13-5-3-11(4-6-13)14-8-21-23-16(14)12-2-1-7-24(9-12)18-22-15(10-26-18)17(20)25/h3-6,8,10,12H,1-2,7,9H2,(H2,20,25)(H,21,23). The first-order chi connectivity index (χ1) is 12.6. The van der Waals surface area contributed by atoms with Crippen LogP contribution in [0.5, 0.6) is 0 Å². The number of nitrogens with one attached hydrogen (secondary N) is 1. The van der Waals surface area contributed by atoms with Crippen LogP contribution < -0.4 is 10.6 Å². The summed E-state index contributed by atoms with van der Waals surface area (Å²) in [5, 5.41) is 9.84. The first-order valence-corrected chi connectivity index (χ1v) is 9.29. The van der Waals surface area contributed by atoms with Crippen LogP contribution in [0.1, 0.15) is 34.9 Å². The van der Waals surface area contributed by atoms with Crippen molar-refractivity contribution in [3.63, 3.8) is 0 Å². The molecule has 1 aromatic carbocycles. The number of primary amides is 1. The van der Waals surface area contributed by atoms with Gasteiger partial charge in [-0.1, -0.05) is 12.1 Å². The highest BCUT2D eigenvalue weighted by Crippen LogP contribution is 2.35. The first-order valence-electron chi connectivity index (χ1n) is 8.41. The number of hydrogen-bond donors (Lipinski definition) is 2. The van der Waals surface area contributed by atoms with Crippen LogP contribution in [0.4, 0.5) is 9.52 Å². The molecule has 1 atom stereocenters. The third kappa shape index (κ3) is 3.20. The molecule has 8 heteroatoms. The number of H-pyrrole nitrogens is 1. The average molecular weight is 371 g/mol. The summed E-state index contributed by atoms with van der Waals surface area (Å²) < 4.78 is 13.2. The van der Waals surface area contributed by atoms with E-state index in [2.05, 4.69) is 20.1 Å². The molecule has 1 unspecified atom stereocenters. The van der Waals surface area contributed by atoms with Crippen molar-refractivity contribution in [3.8, 4) is 11.1 Å². The van der Waals surface area contributed by atoms with E-state index in [0.29, 0.717) is 5.69 Å². The van der Waals surface area contributed by atoms with Gasteiger partial charge < -0.3 is 10.6 Å². The number of aromatic amines is 1. The summed E-state index contributed by atoms with van der Waals surface area (Å²) >= 11 is 1.43. The predicted octanol–water partition coefficient (Wildman–Crippen LogP) is 3.16. The SMILES string of the molecule is NC(=O)c1csc(N2CCCC(c3[nH]ncc3-c3ccc(F)cc3)C2)n1. The molecule has 4 rings (SSSR count). The highest BCUT2D eigenvalue weighted by molar-refractivity contribution is 7.13. The number of rotatable bonds is 4. The fraction of sp³-hybridized carbons (Fsp3) is 0.278. The number of carbonyl (C=O) groups is 1. The van der Waals surface area contributed by atoms with Gasteiger partial charge in [-0.2, -0.15) is 5.10 Å². The van der Waals surface area contributed by atoms with Gasteiger partial charge in [0.05, 0.1) is 6.20 Å². The lowest BCUT2D eigenvalue weighted by molar-refractivity contribution is 0.0996. The maximum Gasteiger partial charge on any atom is 0.268 e. The van der Waals surface area contributed by atoms with Gasteiger partial charge in [-0.25, -0.2) is 9.37 Å². The Morgan fingerprint density at radius 3 is 2.88 bits per heavy atom. The summed E-state index contributed by atoms with van der Waals surface area (Å²) in [7, 11) is 0. The van der Waals surface area contributed by atoms with Gasteiger partial charge in [0.25, 0.3) is 5.91 Å². The number of nitrogens with zero attached hydrogens (tertiary/aromatic N) is 3. The second kappa shape index (κ2) is 6.87. The van der Waals surface area contributed by atoms with Crippen LogP contribution in [0, 0.1) is 5.82 Å². The minimum atomic E-state index is -0.506. The third-order valence-corrected chi connectivity index (χ3v) is 5.57. The summed E-state index contributed by atoms with van der Waals surface area (Å²) in [6.07, 6.45) is 3.83. The number of nitrogens with two attached hydrogens (primary N) is 1. The normalized spacial score (nSPS) is 17.4. The van der Waals surface area contributed by atoms with Crippen LogP contribution in [0.25, 0.3) is 11.1 Å². The summed E-state index contributed by atoms with van der Waals surface area (Å²) in [6, 6.07) is 6.45.